The van der Waals surface area contributed by atoms with Crippen LogP contribution >= 0.6 is 11.8 Å². The van der Waals surface area contributed by atoms with E-state index < -0.39 is 0 Å². The van der Waals surface area contributed by atoms with Crippen LogP contribution < -0.4 is 5.73 Å². The first-order chi connectivity index (χ1) is 6.42. The Morgan fingerprint density at radius 1 is 1.31 bits per heavy atom. The SMILES string of the molecule is NCc1ccccc1[C]1CC=CS1. The Labute approximate surface area is 83.0 Å². The lowest BCUT2D eigenvalue weighted by Crippen LogP contribution is -2.03. The molecule has 0 aromatic heterocycles. The van der Waals surface area contributed by atoms with Crippen molar-refractivity contribution < 1.29 is 0 Å². The van der Waals surface area contributed by atoms with Crippen molar-refractivity contribution >= 4 is 11.8 Å². The minimum atomic E-state index is 0.625. The molecule has 13 heavy (non-hydrogen) atoms. The van der Waals surface area contributed by atoms with Gasteiger partial charge in [-0.1, -0.05) is 30.3 Å². The van der Waals surface area contributed by atoms with Crippen LogP contribution in [0.25, 0.3) is 0 Å². The predicted octanol–water partition coefficient (Wildman–Crippen LogP) is 2.68. The highest BCUT2D eigenvalue weighted by atomic mass is 32.2. The minimum Gasteiger partial charge on any atom is -0.326 e. The van der Waals surface area contributed by atoms with Gasteiger partial charge in [-0.05, 0) is 23.0 Å². The first-order valence-corrected chi connectivity index (χ1v) is 5.25. The molecule has 67 valence electrons. The molecule has 1 nitrogen and oxygen atoms in total. The molecule has 1 aromatic carbocycles. The molecular weight excluding hydrogens is 178 g/mol. The average molecular weight is 190 g/mol. The highest BCUT2D eigenvalue weighted by Crippen LogP contribution is 2.38. The van der Waals surface area contributed by atoms with Crippen LogP contribution in [0.4, 0.5) is 0 Å². The molecule has 0 spiro atoms. The first kappa shape index (κ1) is 8.85. The summed E-state index contributed by atoms with van der Waals surface area (Å²) in [5.41, 5.74) is 8.24. The molecule has 2 rings (SSSR count). The number of nitrogens with two attached hydrogens (primary N) is 1. The summed E-state index contributed by atoms with van der Waals surface area (Å²) in [5, 5.41) is 3.56. The van der Waals surface area contributed by atoms with E-state index in [1.165, 1.54) is 16.4 Å². The summed E-state index contributed by atoms with van der Waals surface area (Å²) in [6.45, 7) is 0.625. The quantitative estimate of drug-likeness (QED) is 0.776. The van der Waals surface area contributed by atoms with Gasteiger partial charge in [0.25, 0.3) is 0 Å². The lowest BCUT2D eigenvalue weighted by molar-refractivity contribution is 1.04. The fourth-order valence-corrected chi connectivity index (χ4v) is 2.35. The van der Waals surface area contributed by atoms with Gasteiger partial charge in [0.15, 0.2) is 0 Å². The van der Waals surface area contributed by atoms with Crippen molar-refractivity contribution in [1.82, 2.24) is 0 Å². The largest absolute Gasteiger partial charge is 0.326 e. The molecule has 0 fully saturated rings. The minimum absolute atomic E-state index is 0.625. The number of benzene rings is 1. The van der Waals surface area contributed by atoms with E-state index in [1.807, 2.05) is 6.07 Å². The summed E-state index contributed by atoms with van der Waals surface area (Å²) in [7, 11) is 0. The van der Waals surface area contributed by atoms with Gasteiger partial charge in [-0.2, -0.15) is 0 Å². The highest BCUT2D eigenvalue weighted by Gasteiger charge is 2.16. The molecule has 1 radical (unpaired) electrons. The first-order valence-electron chi connectivity index (χ1n) is 4.37. The van der Waals surface area contributed by atoms with Crippen molar-refractivity contribution in [2.45, 2.75) is 13.0 Å². The maximum Gasteiger partial charge on any atom is 0.0680 e. The maximum atomic E-state index is 5.68. The van der Waals surface area contributed by atoms with Gasteiger partial charge in [0.1, 0.15) is 0 Å². The zero-order valence-electron chi connectivity index (χ0n) is 7.36. The number of hydrogen-bond donors (Lipinski definition) is 1. The highest BCUT2D eigenvalue weighted by molar-refractivity contribution is 8.05. The molecule has 0 amide bonds. The number of rotatable bonds is 2. The van der Waals surface area contributed by atoms with Crippen molar-refractivity contribution in [3.05, 3.63) is 52.1 Å². The fourth-order valence-electron chi connectivity index (χ4n) is 1.48. The van der Waals surface area contributed by atoms with Gasteiger partial charge in [0.05, 0.1) is 5.25 Å². The van der Waals surface area contributed by atoms with Gasteiger partial charge in [-0.25, -0.2) is 0 Å². The van der Waals surface area contributed by atoms with E-state index in [1.54, 1.807) is 11.8 Å². The van der Waals surface area contributed by atoms with Crippen molar-refractivity contribution in [2.24, 2.45) is 5.73 Å². The Balaban J connectivity index is 2.27. The van der Waals surface area contributed by atoms with Gasteiger partial charge >= 0.3 is 0 Å². The second-order valence-corrected chi connectivity index (χ2v) is 3.98. The van der Waals surface area contributed by atoms with Crippen LogP contribution in [0.5, 0.6) is 0 Å². The Bertz CT molecular complexity index is 312. The van der Waals surface area contributed by atoms with Crippen LogP contribution in [0.2, 0.25) is 0 Å². The molecule has 0 bridgehead atoms. The zero-order chi connectivity index (χ0) is 9.10. The zero-order valence-corrected chi connectivity index (χ0v) is 8.18. The van der Waals surface area contributed by atoms with Gasteiger partial charge < -0.3 is 5.73 Å². The standard InChI is InChI=1S/C11H12NS/c12-8-9-4-1-2-5-10(9)11-6-3-7-13-11/h1-5,7H,6,8,12H2. The number of hydrogen-bond acceptors (Lipinski definition) is 2. The van der Waals surface area contributed by atoms with Crippen molar-refractivity contribution in [3.8, 4) is 0 Å². The normalized spacial score (nSPS) is 16.7. The van der Waals surface area contributed by atoms with E-state index in [-0.39, 0.29) is 0 Å². The maximum absolute atomic E-state index is 5.68. The topological polar surface area (TPSA) is 26.0 Å². The second-order valence-electron chi connectivity index (χ2n) is 2.98. The van der Waals surface area contributed by atoms with Gasteiger partial charge in [-0.15, -0.1) is 11.8 Å². The summed E-state index contributed by atoms with van der Waals surface area (Å²) < 4.78 is 0. The smallest absolute Gasteiger partial charge is 0.0680 e. The predicted molar refractivity (Wildman–Crippen MR) is 58.0 cm³/mol. The van der Waals surface area contributed by atoms with Gasteiger partial charge in [-0.3, -0.25) is 0 Å². The molecule has 0 aliphatic carbocycles. The molecule has 0 atom stereocenters. The lowest BCUT2D eigenvalue weighted by Gasteiger charge is -2.12. The van der Waals surface area contributed by atoms with Gasteiger partial charge in [0, 0.05) is 6.54 Å². The van der Waals surface area contributed by atoms with E-state index in [0.29, 0.717) is 6.54 Å². The number of allylic oxidation sites excluding steroid dienone is 1. The van der Waals surface area contributed by atoms with E-state index in [4.69, 9.17) is 5.73 Å². The third-order valence-electron chi connectivity index (χ3n) is 2.15. The second kappa shape index (κ2) is 3.99. The van der Waals surface area contributed by atoms with Crippen LogP contribution in [0.15, 0.2) is 35.7 Å². The molecule has 0 unspecified atom stereocenters. The molecular formula is C11H12NS. The van der Waals surface area contributed by atoms with Crippen molar-refractivity contribution in [1.29, 1.82) is 0 Å². The van der Waals surface area contributed by atoms with E-state index in [2.05, 4.69) is 29.7 Å². The molecule has 0 saturated carbocycles. The van der Waals surface area contributed by atoms with E-state index >= 15 is 0 Å². The molecule has 0 saturated heterocycles. The van der Waals surface area contributed by atoms with Crippen LogP contribution in [0, 0.1) is 5.25 Å². The van der Waals surface area contributed by atoms with Crippen LogP contribution in [-0.4, -0.2) is 0 Å². The monoisotopic (exact) mass is 190 g/mol. The molecule has 2 heteroatoms. The molecule has 1 aromatic rings. The van der Waals surface area contributed by atoms with Crippen LogP contribution in [0.3, 0.4) is 0 Å². The Morgan fingerprint density at radius 3 is 2.85 bits per heavy atom. The molecule has 2 N–H and O–H groups in total. The summed E-state index contributed by atoms with van der Waals surface area (Å²) >= 11 is 1.81. The van der Waals surface area contributed by atoms with E-state index in [0.717, 1.165) is 6.42 Å². The van der Waals surface area contributed by atoms with Crippen molar-refractivity contribution in [3.63, 3.8) is 0 Å². The van der Waals surface area contributed by atoms with Crippen LogP contribution in [-0.2, 0) is 6.54 Å². The van der Waals surface area contributed by atoms with Crippen molar-refractivity contribution in [2.75, 3.05) is 0 Å². The average Bonchev–Trinajstić information content (AvgIpc) is 2.70. The Morgan fingerprint density at radius 2 is 2.15 bits per heavy atom. The lowest BCUT2D eigenvalue weighted by atomic mass is 10.0. The van der Waals surface area contributed by atoms with Gasteiger partial charge in [0.2, 0.25) is 0 Å². The summed E-state index contributed by atoms with van der Waals surface area (Å²) in [4.78, 5) is 0. The third kappa shape index (κ3) is 1.79. The fraction of sp³-hybridized carbons (Fsp3) is 0.182. The molecule has 1 aliphatic rings. The summed E-state index contributed by atoms with van der Waals surface area (Å²) in [6, 6.07) is 8.36. The van der Waals surface area contributed by atoms with Crippen LogP contribution in [0.1, 0.15) is 17.5 Å². The molecule has 1 aliphatic heterocycles. The summed E-state index contributed by atoms with van der Waals surface area (Å²) in [6.07, 6.45) is 3.25. The third-order valence-corrected chi connectivity index (χ3v) is 3.15. The number of thioether (sulfide) groups is 1. The molecule has 1 heterocycles. The van der Waals surface area contributed by atoms with E-state index in [9.17, 15) is 0 Å². The Kier molecular flexibility index (Phi) is 2.71. The Hall–Kier alpha value is -0.730. The summed E-state index contributed by atoms with van der Waals surface area (Å²) in [5.74, 6) is 0.